The van der Waals surface area contributed by atoms with Crippen molar-refractivity contribution in [1.29, 1.82) is 0 Å². The Morgan fingerprint density at radius 1 is 1.41 bits per heavy atom. The molecule has 0 unspecified atom stereocenters. The lowest BCUT2D eigenvalue weighted by molar-refractivity contribution is -0.140. The molecule has 1 saturated heterocycles. The molecule has 27 heavy (non-hydrogen) atoms. The van der Waals surface area contributed by atoms with Gasteiger partial charge in [-0.15, -0.1) is 11.3 Å². The molecule has 152 valence electrons. The number of hydrogen-bond donors (Lipinski definition) is 2. The van der Waals surface area contributed by atoms with Gasteiger partial charge < -0.3 is 10.6 Å². The maximum absolute atomic E-state index is 12.6. The van der Waals surface area contributed by atoms with Gasteiger partial charge in [-0.2, -0.15) is 13.2 Å². The smallest absolute Gasteiger partial charge is 0.357 e. The predicted octanol–water partition coefficient (Wildman–Crippen LogP) is 3.30. The van der Waals surface area contributed by atoms with Crippen LogP contribution in [0.2, 0.25) is 0 Å². The van der Waals surface area contributed by atoms with Crippen LogP contribution in [0.1, 0.15) is 37.4 Å². The molecule has 1 fully saturated rings. The third-order valence-corrected chi connectivity index (χ3v) is 5.11. The summed E-state index contributed by atoms with van der Waals surface area (Å²) in [6, 6.07) is 0.348. The molecule has 1 aromatic heterocycles. The summed E-state index contributed by atoms with van der Waals surface area (Å²) >= 11 is 1.03. The zero-order valence-electron chi connectivity index (χ0n) is 15.9. The average molecular weight is 404 g/mol. The second kappa shape index (κ2) is 10.1. The van der Waals surface area contributed by atoms with Crippen LogP contribution in [0, 0.1) is 0 Å². The molecule has 0 bridgehead atoms. The van der Waals surface area contributed by atoms with Gasteiger partial charge in [0.25, 0.3) is 0 Å². The van der Waals surface area contributed by atoms with E-state index < -0.39 is 11.9 Å². The Bertz CT molecular complexity index is 633. The average Bonchev–Trinajstić information content (AvgIpc) is 3.05. The minimum Gasteiger partial charge on any atom is -0.357 e. The van der Waals surface area contributed by atoms with Crippen molar-refractivity contribution in [3.05, 3.63) is 28.2 Å². The van der Waals surface area contributed by atoms with Gasteiger partial charge in [0.2, 0.25) is 0 Å². The van der Waals surface area contributed by atoms with E-state index >= 15 is 0 Å². The lowest BCUT2D eigenvalue weighted by Crippen LogP contribution is -2.48. The Morgan fingerprint density at radius 3 is 2.67 bits per heavy atom. The number of piperidine rings is 1. The summed E-state index contributed by atoms with van der Waals surface area (Å²) in [5.41, 5.74) is 0.352. The number of aromatic nitrogens is 1. The largest absolute Gasteiger partial charge is 0.434 e. The fourth-order valence-corrected chi connectivity index (χ4v) is 3.74. The summed E-state index contributed by atoms with van der Waals surface area (Å²) in [5.74, 6) is 0.712. The first-order valence-corrected chi connectivity index (χ1v) is 10.1. The summed E-state index contributed by atoms with van der Waals surface area (Å²) in [4.78, 5) is 10.5. The minimum atomic E-state index is -4.38. The van der Waals surface area contributed by atoms with E-state index in [1.54, 1.807) is 0 Å². The first kappa shape index (κ1) is 21.7. The van der Waals surface area contributed by atoms with Crippen LogP contribution in [0.15, 0.2) is 22.5 Å². The molecular formula is C18H28F3N5S. The lowest BCUT2D eigenvalue weighted by atomic mass is 10.0. The zero-order chi connectivity index (χ0) is 19.9. The van der Waals surface area contributed by atoms with Gasteiger partial charge in [0.05, 0.1) is 5.01 Å². The fourth-order valence-electron chi connectivity index (χ4n) is 2.95. The van der Waals surface area contributed by atoms with Gasteiger partial charge in [-0.05, 0) is 26.7 Å². The minimum absolute atomic E-state index is 0.348. The van der Waals surface area contributed by atoms with E-state index in [1.165, 1.54) is 5.57 Å². The van der Waals surface area contributed by atoms with Crippen molar-refractivity contribution in [2.45, 2.75) is 45.3 Å². The van der Waals surface area contributed by atoms with Gasteiger partial charge in [-0.25, -0.2) is 4.98 Å². The number of aliphatic imine (C=N–C) groups is 1. The third kappa shape index (κ3) is 7.50. The van der Waals surface area contributed by atoms with Crippen LogP contribution in [-0.4, -0.2) is 54.6 Å². The van der Waals surface area contributed by atoms with Crippen LogP contribution in [0.4, 0.5) is 13.2 Å². The SMILES string of the molecule is C=C(C)CN1CCC(NC(=NCCc2nc(C(F)(F)F)cs2)NCC)CC1. The number of thiazole rings is 1. The first-order valence-electron chi connectivity index (χ1n) is 9.21. The van der Waals surface area contributed by atoms with Crippen LogP contribution in [0.3, 0.4) is 0 Å². The summed E-state index contributed by atoms with van der Waals surface area (Å²) in [6.07, 6.45) is -1.93. The van der Waals surface area contributed by atoms with Crippen molar-refractivity contribution >= 4 is 17.3 Å². The van der Waals surface area contributed by atoms with Crippen molar-refractivity contribution in [2.24, 2.45) is 4.99 Å². The first-order chi connectivity index (χ1) is 12.8. The Labute approximate surface area is 162 Å². The number of guanidine groups is 1. The topological polar surface area (TPSA) is 52.5 Å². The molecule has 0 saturated carbocycles. The van der Waals surface area contributed by atoms with Gasteiger partial charge in [0, 0.05) is 50.6 Å². The van der Waals surface area contributed by atoms with Crippen LogP contribution in [0.25, 0.3) is 0 Å². The number of nitrogens with zero attached hydrogens (tertiary/aromatic N) is 3. The van der Waals surface area contributed by atoms with E-state index in [0.29, 0.717) is 30.0 Å². The molecule has 9 heteroatoms. The van der Waals surface area contributed by atoms with E-state index in [0.717, 1.165) is 55.7 Å². The Morgan fingerprint density at radius 2 is 2.11 bits per heavy atom. The fraction of sp³-hybridized carbons (Fsp3) is 0.667. The molecule has 0 aromatic carbocycles. The molecule has 5 nitrogen and oxygen atoms in total. The monoisotopic (exact) mass is 403 g/mol. The van der Waals surface area contributed by atoms with Crippen LogP contribution in [0.5, 0.6) is 0 Å². The number of halogens is 3. The molecule has 1 aliphatic heterocycles. The van der Waals surface area contributed by atoms with Crippen molar-refractivity contribution in [1.82, 2.24) is 20.5 Å². The summed E-state index contributed by atoms with van der Waals surface area (Å²) < 4.78 is 37.8. The van der Waals surface area contributed by atoms with E-state index in [1.807, 2.05) is 13.8 Å². The highest BCUT2D eigenvalue weighted by Gasteiger charge is 2.33. The van der Waals surface area contributed by atoms with Crippen molar-refractivity contribution in [2.75, 3.05) is 32.7 Å². The maximum Gasteiger partial charge on any atom is 0.434 e. The van der Waals surface area contributed by atoms with Crippen LogP contribution in [-0.2, 0) is 12.6 Å². The van der Waals surface area contributed by atoms with Gasteiger partial charge >= 0.3 is 6.18 Å². The Hall–Kier alpha value is -1.61. The van der Waals surface area contributed by atoms with Crippen LogP contribution < -0.4 is 10.6 Å². The third-order valence-electron chi connectivity index (χ3n) is 4.20. The predicted molar refractivity (Wildman–Crippen MR) is 104 cm³/mol. The van der Waals surface area contributed by atoms with E-state index in [4.69, 9.17) is 0 Å². The van der Waals surface area contributed by atoms with Gasteiger partial charge in [0.1, 0.15) is 0 Å². The highest BCUT2D eigenvalue weighted by molar-refractivity contribution is 7.09. The highest BCUT2D eigenvalue weighted by atomic mass is 32.1. The summed E-state index contributed by atoms with van der Waals surface area (Å²) in [7, 11) is 0. The van der Waals surface area contributed by atoms with Crippen LogP contribution >= 0.6 is 11.3 Å². The number of rotatable bonds is 7. The number of alkyl halides is 3. The van der Waals surface area contributed by atoms with E-state index in [2.05, 4.69) is 32.1 Å². The molecule has 2 heterocycles. The summed E-state index contributed by atoms with van der Waals surface area (Å²) in [5, 5.41) is 8.15. The molecule has 2 N–H and O–H groups in total. The number of nitrogens with one attached hydrogen (secondary N) is 2. The van der Waals surface area contributed by atoms with Gasteiger partial charge in [-0.1, -0.05) is 12.2 Å². The molecule has 0 radical (unpaired) electrons. The summed E-state index contributed by atoms with van der Waals surface area (Å²) in [6.45, 7) is 12.1. The quantitative estimate of drug-likeness (QED) is 0.417. The molecule has 1 aromatic rings. The molecule has 0 aliphatic carbocycles. The molecule has 0 atom stereocenters. The maximum atomic E-state index is 12.6. The second-order valence-corrected chi connectivity index (χ2v) is 7.73. The zero-order valence-corrected chi connectivity index (χ0v) is 16.7. The van der Waals surface area contributed by atoms with Crippen molar-refractivity contribution in [3.8, 4) is 0 Å². The van der Waals surface area contributed by atoms with Gasteiger partial charge in [0.15, 0.2) is 11.7 Å². The Kier molecular flexibility index (Phi) is 8.09. The van der Waals surface area contributed by atoms with Gasteiger partial charge in [-0.3, -0.25) is 9.89 Å². The number of hydrogen-bond acceptors (Lipinski definition) is 4. The standard InChI is InChI=1S/C18H28F3N5S/c1-4-22-17(24-14-6-9-26(10-7-14)11-13(2)3)23-8-5-16-25-15(12-27-16)18(19,20)21/h12,14H,2,4-11H2,1,3H3,(H2,22,23,24). The second-order valence-electron chi connectivity index (χ2n) is 6.79. The molecule has 2 rings (SSSR count). The molecule has 0 amide bonds. The van der Waals surface area contributed by atoms with Crippen molar-refractivity contribution in [3.63, 3.8) is 0 Å². The molecule has 1 aliphatic rings. The number of likely N-dealkylation sites (tertiary alicyclic amines) is 1. The molecular weight excluding hydrogens is 375 g/mol. The molecule has 0 spiro atoms. The van der Waals surface area contributed by atoms with Crippen molar-refractivity contribution < 1.29 is 13.2 Å². The normalized spacial score (nSPS) is 17.1. The highest BCUT2D eigenvalue weighted by Crippen LogP contribution is 2.30. The lowest BCUT2D eigenvalue weighted by Gasteiger charge is -2.33. The van der Waals surface area contributed by atoms with E-state index in [9.17, 15) is 13.2 Å². The Balaban J connectivity index is 1.82. The van der Waals surface area contributed by atoms with E-state index in [-0.39, 0.29) is 0 Å².